The summed E-state index contributed by atoms with van der Waals surface area (Å²) < 4.78 is 5.25. The van der Waals surface area contributed by atoms with Crippen LogP contribution in [0, 0.1) is 0 Å². The van der Waals surface area contributed by atoms with Crippen molar-refractivity contribution in [1.82, 2.24) is 4.90 Å². The van der Waals surface area contributed by atoms with E-state index in [4.69, 9.17) is 4.74 Å². The second kappa shape index (κ2) is 6.33. The molecule has 0 radical (unpaired) electrons. The summed E-state index contributed by atoms with van der Waals surface area (Å²) in [6.07, 6.45) is 0. The highest BCUT2D eigenvalue weighted by Gasteiger charge is 2.36. The summed E-state index contributed by atoms with van der Waals surface area (Å²) in [6.45, 7) is 3.64. The number of carbonyl (C=O) groups excluding carboxylic acids is 2. The Bertz CT molecular complexity index is 984. The summed E-state index contributed by atoms with van der Waals surface area (Å²) in [7, 11) is 1.58. The van der Waals surface area contributed by atoms with E-state index in [0.717, 1.165) is 11.1 Å². The van der Waals surface area contributed by atoms with Gasteiger partial charge in [0, 0.05) is 23.7 Å². The number of carbonyl (C=O) groups is 2. The number of hydrogen-bond donors (Lipinski definition) is 0. The van der Waals surface area contributed by atoms with Gasteiger partial charge in [-0.1, -0.05) is 24.3 Å². The van der Waals surface area contributed by atoms with Crippen LogP contribution in [0.15, 0.2) is 69.0 Å². The number of benzene rings is 2. The van der Waals surface area contributed by atoms with E-state index in [1.165, 1.54) is 4.90 Å². The zero-order chi connectivity index (χ0) is 19.9. The highest BCUT2D eigenvalue weighted by molar-refractivity contribution is 5.94. The van der Waals surface area contributed by atoms with Crippen LogP contribution < -0.4 is 0 Å². The summed E-state index contributed by atoms with van der Waals surface area (Å²) in [4.78, 5) is 26.1. The molecule has 0 aliphatic carbocycles. The van der Waals surface area contributed by atoms with Crippen molar-refractivity contribution < 1.29 is 14.3 Å². The first-order valence-electron chi connectivity index (χ1n) is 8.83. The van der Waals surface area contributed by atoms with E-state index in [2.05, 4.69) is 20.5 Å². The maximum atomic E-state index is 12.5. The van der Waals surface area contributed by atoms with Crippen molar-refractivity contribution in [2.75, 3.05) is 13.8 Å². The minimum atomic E-state index is -0.499. The van der Waals surface area contributed by atoms with E-state index < -0.39 is 17.3 Å². The molecule has 28 heavy (non-hydrogen) atoms. The van der Waals surface area contributed by atoms with Gasteiger partial charge in [-0.05, 0) is 38.1 Å². The van der Waals surface area contributed by atoms with E-state index in [-0.39, 0.29) is 12.6 Å². The van der Waals surface area contributed by atoms with Crippen molar-refractivity contribution in [1.29, 1.82) is 0 Å². The van der Waals surface area contributed by atoms with Crippen molar-refractivity contribution in [3.8, 4) is 0 Å². The molecule has 0 atom stereocenters. The molecule has 2 aromatic carbocycles. The van der Waals surface area contributed by atoms with Gasteiger partial charge in [0.15, 0.2) is 6.73 Å². The zero-order valence-electron chi connectivity index (χ0n) is 15.8. The Kier molecular flexibility index (Phi) is 4.06. The van der Waals surface area contributed by atoms with Gasteiger partial charge in [-0.25, -0.2) is 4.79 Å². The number of rotatable bonds is 6. The Labute approximate surface area is 161 Å². The molecule has 2 aliphatic heterocycles. The fraction of sp³-hybridized carbons (Fsp3) is 0.300. The summed E-state index contributed by atoms with van der Waals surface area (Å²) in [5.41, 5.74) is 1.80. The molecular formula is C20H19N5O3. The SMILES string of the molecule is CN(COC(=O)c1ccc(C2(C)N=N2)cc1)C(=O)c1ccc(C2(C)N=N2)cc1. The molecule has 0 aromatic heterocycles. The van der Waals surface area contributed by atoms with Crippen LogP contribution in [-0.4, -0.2) is 30.6 Å². The van der Waals surface area contributed by atoms with Crippen LogP contribution in [0.3, 0.4) is 0 Å². The molecule has 0 N–H and O–H groups in total. The molecule has 0 saturated carbocycles. The van der Waals surface area contributed by atoms with Crippen molar-refractivity contribution >= 4 is 11.9 Å². The lowest BCUT2D eigenvalue weighted by Gasteiger charge is -2.17. The largest absolute Gasteiger partial charge is 0.441 e. The Morgan fingerprint density at radius 1 is 0.821 bits per heavy atom. The standard InChI is InChI=1S/C20H19N5O3/c1-19(21-22-19)15-8-4-13(5-9-15)17(26)25(3)12-28-18(27)14-6-10-16(11-7-14)20(2)23-24-20/h4-11H,12H2,1-3H3. The average Bonchev–Trinajstić information content (AvgIpc) is 3.65. The zero-order valence-corrected chi connectivity index (χ0v) is 15.8. The maximum Gasteiger partial charge on any atom is 0.339 e. The monoisotopic (exact) mass is 377 g/mol. The van der Waals surface area contributed by atoms with Gasteiger partial charge in [0.05, 0.1) is 5.56 Å². The number of hydrogen-bond acceptors (Lipinski definition) is 7. The normalized spacial score (nSPS) is 17.1. The third-order valence-electron chi connectivity index (χ3n) is 4.88. The lowest BCUT2D eigenvalue weighted by atomic mass is 10.0. The highest BCUT2D eigenvalue weighted by Crippen LogP contribution is 2.39. The fourth-order valence-corrected chi connectivity index (χ4v) is 2.75. The van der Waals surface area contributed by atoms with Crippen LogP contribution in [0.4, 0.5) is 0 Å². The lowest BCUT2D eigenvalue weighted by Crippen LogP contribution is -2.30. The quantitative estimate of drug-likeness (QED) is 0.565. The third kappa shape index (κ3) is 3.40. The van der Waals surface area contributed by atoms with Crippen LogP contribution in [-0.2, 0) is 16.1 Å². The molecule has 8 nitrogen and oxygen atoms in total. The maximum absolute atomic E-state index is 12.5. The summed E-state index contributed by atoms with van der Waals surface area (Å²) >= 11 is 0. The van der Waals surface area contributed by atoms with Gasteiger partial charge in [0.1, 0.15) is 0 Å². The van der Waals surface area contributed by atoms with Crippen molar-refractivity contribution in [2.24, 2.45) is 20.5 Å². The number of amides is 1. The van der Waals surface area contributed by atoms with Crippen LogP contribution >= 0.6 is 0 Å². The predicted molar refractivity (Wildman–Crippen MR) is 99.7 cm³/mol. The number of esters is 1. The Morgan fingerprint density at radius 2 is 1.25 bits per heavy atom. The summed E-state index contributed by atoms with van der Waals surface area (Å²) in [6, 6.07) is 14.0. The van der Waals surface area contributed by atoms with E-state index in [9.17, 15) is 9.59 Å². The average molecular weight is 377 g/mol. The highest BCUT2D eigenvalue weighted by atomic mass is 16.5. The molecule has 0 spiro atoms. The van der Waals surface area contributed by atoms with E-state index in [1.807, 2.05) is 26.0 Å². The van der Waals surface area contributed by atoms with Gasteiger partial charge in [-0.15, -0.1) is 0 Å². The third-order valence-corrected chi connectivity index (χ3v) is 4.88. The molecule has 0 saturated heterocycles. The van der Waals surface area contributed by atoms with E-state index in [0.29, 0.717) is 11.1 Å². The molecule has 2 aliphatic rings. The molecule has 2 heterocycles. The number of ether oxygens (including phenoxy) is 1. The fourth-order valence-electron chi connectivity index (χ4n) is 2.75. The van der Waals surface area contributed by atoms with Crippen molar-refractivity contribution in [2.45, 2.75) is 25.2 Å². The minimum absolute atomic E-state index is 0.147. The van der Waals surface area contributed by atoms with Crippen LogP contribution in [0.5, 0.6) is 0 Å². The predicted octanol–water partition coefficient (Wildman–Crippen LogP) is 3.85. The molecule has 1 amide bonds. The van der Waals surface area contributed by atoms with E-state index >= 15 is 0 Å². The first kappa shape index (κ1) is 18.0. The second-order valence-electron chi connectivity index (χ2n) is 7.16. The lowest BCUT2D eigenvalue weighted by molar-refractivity contribution is 0.0260. The first-order valence-corrected chi connectivity index (χ1v) is 8.83. The van der Waals surface area contributed by atoms with Gasteiger partial charge in [-0.3, -0.25) is 4.79 Å². The van der Waals surface area contributed by atoms with E-state index in [1.54, 1.807) is 43.4 Å². The molecule has 8 heteroatoms. The Morgan fingerprint density at radius 3 is 1.68 bits per heavy atom. The van der Waals surface area contributed by atoms with Crippen molar-refractivity contribution in [3.05, 3.63) is 70.8 Å². The van der Waals surface area contributed by atoms with Crippen molar-refractivity contribution in [3.63, 3.8) is 0 Å². The topological polar surface area (TPSA) is 96.0 Å². The minimum Gasteiger partial charge on any atom is -0.441 e. The van der Waals surface area contributed by atoms with Crippen LogP contribution in [0.1, 0.15) is 45.7 Å². The van der Waals surface area contributed by atoms with Gasteiger partial charge in [-0.2, -0.15) is 20.5 Å². The smallest absolute Gasteiger partial charge is 0.339 e. The Balaban J connectivity index is 1.32. The molecular weight excluding hydrogens is 358 g/mol. The van der Waals surface area contributed by atoms with Gasteiger partial charge < -0.3 is 9.64 Å². The Hall–Kier alpha value is -3.42. The second-order valence-corrected chi connectivity index (χ2v) is 7.16. The summed E-state index contributed by atoms with van der Waals surface area (Å²) in [5.74, 6) is -0.740. The van der Waals surface area contributed by atoms with Crippen LogP contribution in [0.2, 0.25) is 0 Å². The van der Waals surface area contributed by atoms with Crippen LogP contribution in [0.25, 0.3) is 0 Å². The number of nitrogens with zero attached hydrogens (tertiary/aromatic N) is 5. The van der Waals surface area contributed by atoms with Gasteiger partial charge >= 0.3 is 5.97 Å². The molecule has 2 aromatic rings. The molecule has 0 unspecified atom stereocenters. The molecule has 0 bridgehead atoms. The van der Waals surface area contributed by atoms with Gasteiger partial charge in [0.25, 0.3) is 5.91 Å². The van der Waals surface area contributed by atoms with Gasteiger partial charge in [0.2, 0.25) is 11.3 Å². The molecule has 0 fully saturated rings. The molecule has 142 valence electrons. The summed E-state index contributed by atoms with van der Waals surface area (Å²) in [5, 5.41) is 15.9. The molecule has 4 rings (SSSR count). The first-order chi connectivity index (χ1) is 13.3.